The molecule has 23 heavy (non-hydrogen) atoms. The molecule has 2 aliphatic carbocycles. The van der Waals surface area contributed by atoms with Crippen LogP contribution in [0, 0.1) is 5.41 Å². The van der Waals surface area contributed by atoms with E-state index in [0.29, 0.717) is 5.92 Å². The molecular formula is C21H23NO. The second kappa shape index (κ2) is 4.47. The molecule has 0 spiro atoms. The van der Waals surface area contributed by atoms with Crippen molar-refractivity contribution in [2.24, 2.45) is 5.41 Å². The Kier molecular flexibility index (Phi) is 2.82. The van der Waals surface area contributed by atoms with Gasteiger partial charge in [0.15, 0.2) is 0 Å². The van der Waals surface area contributed by atoms with Gasteiger partial charge in [-0.2, -0.15) is 0 Å². The first kappa shape index (κ1) is 14.5. The largest absolute Gasteiger partial charge is 0.349 e. The monoisotopic (exact) mass is 305 g/mol. The number of hydrogen-bond acceptors (Lipinski definition) is 1. The van der Waals surface area contributed by atoms with Gasteiger partial charge in [0.1, 0.15) is 0 Å². The zero-order valence-corrected chi connectivity index (χ0v) is 14.2. The number of carbonyl (C=O) groups is 1. The zero-order valence-electron chi connectivity index (χ0n) is 14.2. The molecule has 1 N–H and O–H groups in total. The lowest BCUT2D eigenvalue weighted by Crippen LogP contribution is -2.48. The van der Waals surface area contributed by atoms with Gasteiger partial charge >= 0.3 is 0 Å². The van der Waals surface area contributed by atoms with Crippen molar-refractivity contribution in [3.05, 3.63) is 70.8 Å². The van der Waals surface area contributed by atoms with E-state index in [2.05, 4.69) is 74.6 Å². The summed E-state index contributed by atoms with van der Waals surface area (Å²) in [6.45, 7) is 8.68. The Morgan fingerprint density at radius 1 is 0.913 bits per heavy atom. The molecule has 0 saturated carbocycles. The molecule has 0 aromatic heterocycles. The van der Waals surface area contributed by atoms with Gasteiger partial charge in [0, 0.05) is 18.3 Å². The number of nitrogens with one attached hydrogen (secondary N) is 1. The highest BCUT2D eigenvalue weighted by atomic mass is 16.1. The van der Waals surface area contributed by atoms with E-state index in [4.69, 9.17) is 0 Å². The first-order valence-corrected chi connectivity index (χ1v) is 8.35. The fraction of sp³-hybridized carbons (Fsp3) is 0.381. The summed E-state index contributed by atoms with van der Waals surface area (Å²) in [5.41, 5.74) is 5.43. The van der Waals surface area contributed by atoms with Crippen molar-refractivity contribution < 1.29 is 4.79 Å². The molecule has 2 aromatic rings. The maximum atomic E-state index is 11.9. The average Bonchev–Trinajstić information content (AvgIpc) is 2.63. The predicted molar refractivity (Wildman–Crippen MR) is 92.4 cm³/mol. The summed E-state index contributed by atoms with van der Waals surface area (Å²) in [6.07, 6.45) is 0. The SMILES string of the molecule is CC(=O)NC1c2ccccc2C2(C)c3ccccc3C1C2(C)C. The summed E-state index contributed by atoms with van der Waals surface area (Å²) in [5, 5.41) is 3.24. The fourth-order valence-electron chi connectivity index (χ4n) is 5.14. The predicted octanol–water partition coefficient (Wildman–Crippen LogP) is 4.31. The molecular weight excluding hydrogens is 282 g/mol. The summed E-state index contributed by atoms with van der Waals surface area (Å²) >= 11 is 0. The van der Waals surface area contributed by atoms with Crippen molar-refractivity contribution >= 4 is 5.91 Å². The lowest BCUT2D eigenvalue weighted by molar-refractivity contribution is -0.120. The van der Waals surface area contributed by atoms with E-state index in [0.717, 1.165) is 0 Å². The first-order chi connectivity index (χ1) is 10.9. The highest BCUT2D eigenvalue weighted by molar-refractivity contribution is 5.74. The Morgan fingerprint density at radius 2 is 1.43 bits per heavy atom. The first-order valence-electron chi connectivity index (χ1n) is 8.35. The molecule has 2 nitrogen and oxygen atoms in total. The summed E-state index contributed by atoms with van der Waals surface area (Å²) in [6, 6.07) is 17.4. The smallest absolute Gasteiger partial charge is 0.217 e. The van der Waals surface area contributed by atoms with Crippen molar-refractivity contribution in [2.45, 2.75) is 45.1 Å². The number of carbonyl (C=O) groups excluding carboxylic acids is 1. The molecule has 2 aromatic carbocycles. The molecule has 2 aliphatic rings. The van der Waals surface area contributed by atoms with E-state index in [9.17, 15) is 4.79 Å². The summed E-state index contributed by atoms with van der Waals surface area (Å²) in [7, 11) is 0. The van der Waals surface area contributed by atoms with Crippen LogP contribution in [0.4, 0.5) is 0 Å². The summed E-state index contributed by atoms with van der Waals surface area (Å²) in [4.78, 5) is 11.9. The minimum atomic E-state index is -0.0280. The number of benzene rings is 2. The fourth-order valence-corrected chi connectivity index (χ4v) is 5.14. The van der Waals surface area contributed by atoms with Gasteiger partial charge in [-0.05, 0) is 27.7 Å². The van der Waals surface area contributed by atoms with Crippen molar-refractivity contribution in [1.82, 2.24) is 5.32 Å². The molecule has 0 radical (unpaired) electrons. The van der Waals surface area contributed by atoms with Gasteiger partial charge in [0.25, 0.3) is 0 Å². The Labute approximate surface area is 137 Å². The van der Waals surface area contributed by atoms with Crippen LogP contribution in [-0.4, -0.2) is 5.91 Å². The molecule has 0 fully saturated rings. The third-order valence-corrected chi connectivity index (χ3v) is 6.43. The quantitative estimate of drug-likeness (QED) is 0.836. The minimum absolute atomic E-state index is 0.0280. The van der Waals surface area contributed by atoms with Crippen LogP contribution in [0.2, 0.25) is 0 Å². The van der Waals surface area contributed by atoms with Crippen LogP contribution < -0.4 is 5.32 Å². The van der Waals surface area contributed by atoms with Gasteiger partial charge in [-0.25, -0.2) is 0 Å². The minimum Gasteiger partial charge on any atom is -0.349 e. The van der Waals surface area contributed by atoms with E-state index >= 15 is 0 Å². The second-order valence-corrected chi connectivity index (χ2v) is 7.68. The van der Waals surface area contributed by atoms with Gasteiger partial charge in [-0.1, -0.05) is 69.3 Å². The lowest BCUT2D eigenvalue weighted by atomic mass is 9.54. The topological polar surface area (TPSA) is 29.1 Å². The lowest BCUT2D eigenvalue weighted by Gasteiger charge is -2.51. The van der Waals surface area contributed by atoms with E-state index in [1.165, 1.54) is 22.3 Å². The number of rotatable bonds is 1. The normalized spacial score (nSPS) is 29.6. The number of fused-ring (bicyclic) bond motifs is 7. The highest BCUT2D eigenvalue weighted by Crippen LogP contribution is 2.68. The van der Waals surface area contributed by atoms with Gasteiger partial charge in [0.05, 0.1) is 6.04 Å². The Morgan fingerprint density at radius 3 is 2.04 bits per heavy atom. The van der Waals surface area contributed by atoms with Crippen LogP contribution in [0.1, 0.15) is 61.9 Å². The summed E-state index contributed by atoms with van der Waals surface area (Å²) in [5.74, 6) is 0.330. The maximum absolute atomic E-state index is 11.9. The molecule has 2 bridgehead atoms. The van der Waals surface area contributed by atoms with Crippen LogP contribution in [0.25, 0.3) is 0 Å². The van der Waals surface area contributed by atoms with Gasteiger partial charge in [-0.3, -0.25) is 4.79 Å². The van der Waals surface area contributed by atoms with Gasteiger partial charge < -0.3 is 5.32 Å². The molecule has 1 amide bonds. The standard InChI is InChI=1S/C21H23NO/c1-13(23)22-19-15-10-6-8-12-17(15)21(4)16-11-7-5-9-14(16)18(19)20(21,2)3/h5-12,18-19H,1-4H3,(H,22,23). The van der Waals surface area contributed by atoms with Crippen LogP contribution in [-0.2, 0) is 10.2 Å². The third kappa shape index (κ3) is 1.61. The van der Waals surface area contributed by atoms with Crippen molar-refractivity contribution in [3.8, 4) is 0 Å². The summed E-state index contributed by atoms with van der Waals surface area (Å²) < 4.78 is 0. The van der Waals surface area contributed by atoms with Crippen LogP contribution >= 0.6 is 0 Å². The maximum Gasteiger partial charge on any atom is 0.217 e. The Balaban J connectivity index is 2.08. The molecule has 2 heteroatoms. The van der Waals surface area contributed by atoms with Crippen LogP contribution in [0.5, 0.6) is 0 Å². The van der Waals surface area contributed by atoms with Crippen LogP contribution in [0.15, 0.2) is 48.5 Å². The molecule has 3 atom stereocenters. The van der Waals surface area contributed by atoms with Gasteiger partial charge in [0.2, 0.25) is 5.91 Å². The molecule has 0 aliphatic heterocycles. The molecule has 3 unspecified atom stereocenters. The molecule has 0 saturated heterocycles. The van der Waals surface area contributed by atoms with Crippen molar-refractivity contribution in [1.29, 1.82) is 0 Å². The van der Waals surface area contributed by atoms with E-state index in [-0.39, 0.29) is 22.8 Å². The van der Waals surface area contributed by atoms with Gasteiger partial charge in [-0.15, -0.1) is 0 Å². The molecule has 0 heterocycles. The van der Waals surface area contributed by atoms with Crippen molar-refractivity contribution in [2.75, 3.05) is 0 Å². The second-order valence-electron chi connectivity index (χ2n) is 7.68. The molecule has 4 rings (SSSR count). The highest BCUT2D eigenvalue weighted by Gasteiger charge is 2.61. The van der Waals surface area contributed by atoms with E-state index in [1.807, 2.05) is 0 Å². The Bertz CT molecular complexity index is 807. The van der Waals surface area contributed by atoms with E-state index in [1.54, 1.807) is 6.92 Å². The van der Waals surface area contributed by atoms with Crippen molar-refractivity contribution in [3.63, 3.8) is 0 Å². The Hall–Kier alpha value is -2.09. The average molecular weight is 305 g/mol. The third-order valence-electron chi connectivity index (χ3n) is 6.43. The van der Waals surface area contributed by atoms with E-state index < -0.39 is 0 Å². The molecule has 118 valence electrons. The van der Waals surface area contributed by atoms with Crippen LogP contribution in [0.3, 0.4) is 0 Å². The zero-order chi connectivity index (χ0) is 16.4. The number of amides is 1. The number of hydrogen-bond donors (Lipinski definition) is 1.